The standard InChI is InChI=1S/C38H20O5/c39-37-25-5-1-3-7-31(25)41-35-15-11-23(19-29(35)37)21-9-13-33-27(17-21)28-18-22(10-14-34(28)43-33)24-12-16-36-30(20-24)38(40)26-6-2-4-8-32(26)42-36/h1-20H. The van der Waals surface area contributed by atoms with Crippen LogP contribution in [0.4, 0.5) is 0 Å². The Balaban J connectivity index is 1.19. The van der Waals surface area contributed by atoms with Crippen LogP contribution in [0.3, 0.4) is 0 Å². The van der Waals surface area contributed by atoms with Gasteiger partial charge in [-0.2, -0.15) is 0 Å². The van der Waals surface area contributed by atoms with Crippen LogP contribution in [0.15, 0.2) is 144 Å². The van der Waals surface area contributed by atoms with Gasteiger partial charge in [0.2, 0.25) is 10.9 Å². The molecule has 0 aliphatic heterocycles. The molecule has 0 aliphatic carbocycles. The molecule has 0 radical (unpaired) electrons. The zero-order chi connectivity index (χ0) is 28.7. The Morgan fingerprint density at radius 1 is 0.302 bits per heavy atom. The van der Waals surface area contributed by atoms with E-state index in [1.54, 1.807) is 12.1 Å². The minimum absolute atomic E-state index is 0.0457. The lowest BCUT2D eigenvalue weighted by Crippen LogP contribution is -2.01. The molecule has 0 fully saturated rings. The topological polar surface area (TPSA) is 73.6 Å². The van der Waals surface area contributed by atoms with Crippen molar-refractivity contribution in [2.24, 2.45) is 0 Å². The molecular weight excluding hydrogens is 536 g/mol. The number of benzene rings is 6. The highest BCUT2D eigenvalue weighted by Crippen LogP contribution is 2.36. The van der Waals surface area contributed by atoms with Gasteiger partial charge in [0.1, 0.15) is 33.5 Å². The van der Waals surface area contributed by atoms with Crippen molar-refractivity contribution < 1.29 is 13.3 Å². The summed E-state index contributed by atoms with van der Waals surface area (Å²) in [5.41, 5.74) is 7.48. The molecule has 0 unspecified atom stereocenters. The fraction of sp³-hybridized carbons (Fsp3) is 0. The van der Waals surface area contributed by atoms with Crippen LogP contribution < -0.4 is 10.9 Å². The second kappa shape index (κ2) is 8.78. The maximum Gasteiger partial charge on any atom is 0.200 e. The predicted octanol–water partition coefficient (Wildman–Crippen LogP) is 9.44. The predicted molar refractivity (Wildman–Crippen MR) is 172 cm³/mol. The Morgan fingerprint density at radius 3 is 1.00 bits per heavy atom. The normalized spacial score (nSPS) is 11.9. The Morgan fingerprint density at radius 2 is 0.605 bits per heavy atom. The molecule has 0 amide bonds. The molecule has 0 saturated heterocycles. The Labute approximate surface area is 242 Å². The average Bonchev–Trinajstić information content (AvgIpc) is 3.42. The van der Waals surface area contributed by atoms with Crippen molar-refractivity contribution in [1.29, 1.82) is 0 Å². The Bertz CT molecular complexity index is 2540. The van der Waals surface area contributed by atoms with E-state index in [0.717, 1.165) is 44.2 Å². The number of hydrogen-bond donors (Lipinski definition) is 0. The molecule has 202 valence electrons. The average molecular weight is 557 g/mol. The zero-order valence-electron chi connectivity index (χ0n) is 22.6. The molecule has 0 N–H and O–H groups in total. The molecule has 9 aromatic rings. The monoisotopic (exact) mass is 556 g/mol. The highest BCUT2D eigenvalue weighted by Gasteiger charge is 2.14. The van der Waals surface area contributed by atoms with Gasteiger partial charge in [0, 0.05) is 10.8 Å². The largest absolute Gasteiger partial charge is 0.456 e. The van der Waals surface area contributed by atoms with Crippen molar-refractivity contribution >= 4 is 65.8 Å². The molecule has 0 saturated carbocycles. The number of para-hydroxylation sites is 2. The van der Waals surface area contributed by atoms with Gasteiger partial charge in [0.05, 0.1) is 21.5 Å². The van der Waals surface area contributed by atoms with E-state index < -0.39 is 0 Å². The van der Waals surface area contributed by atoms with E-state index >= 15 is 0 Å². The molecule has 5 heteroatoms. The Kier molecular flexibility index (Phi) is 4.85. The lowest BCUT2D eigenvalue weighted by molar-refractivity contribution is 0.659. The van der Waals surface area contributed by atoms with Gasteiger partial charge in [-0.05, 0) is 95.1 Å². The molecule has 3 heterocycles. The van der Waals surface area contributed by atoms with Crippen LogP contribution in [0.2, 0.25) is 0 Å². The fourth-order valence-electron chi connectivity index (χ4n) is 6.10. The first-order valence-electron chi connectivity index (χ1n) is 14.0. The maximum atomic E-state index is 13.3. The first-order chi connectivity index (χ1) is 21.1. The second-order valence-electron chi connectivity index (χ2n) is 10.8. The summed E-state index contributed by atoms with van der Waals surface area (Å²) in [6.45, 7) is 0. The zero-order valence-corrected chi connectivity index (χ0v) is 22.6. The van der Waals surface area contributed by atoms with Gasteiger partial charge < -0.3 is 13.3 Å². The maximum absolute atomic E-state index is 13.3. The van der Waals surface area contributed by atoms with E-state index in [-0.39, 0.29) is 10.9 Å². The van der Waals surface area contributed by atoms with Gasteiger partial charge in [-0.1, -0.05) is 48.5 Å². The molecule has 5 nitrogen and oxygen atoms in total. The highest BCUT2D eigenvalue weighted by molar-refractivity contribution is 6.08. The number of rotatable bonds is 2. The SMILES string of the molecule is O=c1c2ccccc2oc2ccc(-c3ccc4oc5ccc(-c6ccc7oc8ccccc8c(=O)c7c6)cc5c4c3)cc12. The highest BCUT2D eigenvalue weighted by atomic mass is 16.3. The third-order valence-electron chi connectivity index (χ3n) is 8.29. The lowest BCUT2D eigenvalue weighted by Gasteiger charge is -2.06. The summed E-state index contributed by atoms with van der Waals surface area (Å²) in [4.78, 5) is 26.5. The molecule has 0 atom stereocenters. The van der Waals surface area contributed by atoms with Gasteiger partial charge in [0.15, 0.2) is 0 Å². The van der Waals surface area contributed by atoms with Crippen LogP contribution >= 0.6 is 0 Å². The van der Waals surface area contributed by atoms with Crippen LogP contribution in [0.1, 0.15) is 0 Å². The van der Waals surface area contributed by atoms with Crippen LogP contribution in [0.5, 0.6) is 0 Å². The van der Waals surface area contributed by atoms with Gasteiger partial charge in [-0.3, -0.25) is 9.59 Å². The van der Waals surface area contributed by atoms with Crippen LogP contribution in [0.25, 0.3) is 88.1 Å². The second-order valence-corrected chi connectivity index (χ2v) is 10.8. The third kappa shape index (κ3) is 3.58. The van der Waals surface area contributed by atoms with Crippen molar-refractivity contribution in [3.05, 3.63) is 142 Å². The summed E-state index contributed by atoms with van der Waals surface area (Å²) in [6.07, 6.45) is 0. The van der Waals surface area contributed by atoms with Crippen molar-refractivity contribution in [3.63, 3.8) is 0 Å². The summed E-state index contributed by atoms with van der Waals surface area (Å²) >= 11 is 0. The molecule has 43 heavy (non-hydrogen) atoms. The molecule has 0 aliphatic rings. The smallest absolute Gasteiger partial charge is 0.200 e. The van der Waals surface area contributed by atoms with Crippen molar-refractivity contribution in [2.75, 3.05) is 0 Å². The molecule has 0 spiro atoms. The molecular formula is C38H20O5. The summed E-state index contributed by atoms with van der Waals surface area (Å²) in [5, 5.41) is 4.15. The number of fused-ring (bicyclic) bond motifs is 7. The van der Waals surface area contributed by atoms with E-state index in [4.69, 9.17) is 13.3 Å². The number of hydrogen-bond acceptors (Lipinski definition) is 5. The summed E-state index contributed by atoms with van der Waals surface area (Å²) in [5.74, 6) is 0. The molecule has 9 rings (SSSR count). The molecule has 6 aromatic carbocycles. The minimum Gasteiger partial charge on any atom is -0.456 e. The third-order valence-corrected chi connectivity index (χ3v) is 8.29. The van der Waals surface area contributed by atoms with Crippen LogP contribution in [0, 0.1) is 0 Å². The first kappa shape index (κ1) is 23.7. The van der Waals surface area contributed by atoms with Crippen LogP contribution in [-0.4, -0.2) is 0 Å². The quantitative estimate of drug-likeness (QED) is 0.198. The molecule has 0 bridgehead atoms. The molecule has 3 aromatic heterocycles. The van der Waals surface area contributed by atoms with Gasteiger partial charge in [-0.15, -0.1) is 0 Å². The number of furan rings is 1. The summed E-state index contributed by atoms with van der Waals surface area (Å²) in [6, 6.07) is 38.2. The Hall–Kier alpha value is -5.94. The minimum atomic E-state index is -0.0457. The van der Waals surface area contributed by atoms with Crippen molar-refractivity contribution in [2.45, 2.75) is 0 Å². The van der Waals surface area contributed by atoms with E-state index in [2.05, 4.69) is 12.1 Å². The van der Waals surface area contributed by atoms with Crippen molar-refractivity contribution in [3.8, 4) is 22.3 Å². The van der Waals surface area contributed by atoms with Crippen LogP contribution in [-0.2, 0) is 0 Å². The summed E-state index contributed by atoms with van der Waals surface area (Å²) < 4.78 is 18.2. The lowest BCUT2D eigenvalue weighted by atomic mass is 9.98. The van der Waals surface area contributed by atoms with Crippen molar-refractivity contribution in [1.82, 2.24) is 0 Å². The van der Waals surface area contributed by atoms with E-state index in [0.29, 0.717) is 43.9 Å². The van der Waals surface area contributed by atoms with E-state index in [9.17, 15) is 9.59 Å². The van der Waals surface area contributed by atoms with E-state index in [1.807, 2.05) is 97.1 Å². The first-order valence-corrected chi connectivity index (χ1v) is 14.0. The van der Waals surface area contributed by atoms with Gasteiger partial charge in [0.25, 0.3) is 0 Å². The van der Waals surface area contributed by atoms with Gasteiger partial charge in [-0.25, -0.2) is 0 Å². The van der Waals surface area contributed by atoms with E-state index in [1.165, 1.54) is 0 Å². The van der Waals surface area contributed by atoms with Gasteiger partial charge >= 0.3 is 0 Å². The summed E-state index contributed by atoms with van der Waals surface area (Å²) in [7, 11) is 0. The fourth-order valence-corrected chi connectivity index (χ4v) is 6.10.